The summed E-state index contributed by atoms with van der Waals surface area (Å²) in [6.45, 7) is 4.25. The molecule has 1 aliphatic heterocycles. The highest BCUT2D eigenvalue weighted by atomic mass is 79.9. The van der Waals surface area contributed by atoms with Crippen molar-refractivity contribution >= 4 is 33.5 Å². The van der Waals surface area contributed by atoms with Crippen LogP contribution in [0.25, 0.3) is 0 Å². The zero-order valence-electron chi connectivity index (χ0n) is 12.7. The number of anilines is 1. The molecule has 1 aromatic rings. The second-order valence-electron chi connectivity index (χ2n) is 5.90. The minimum absolute atomic E-state index is 0.344. The maximum absolute atomic E-state index is 4.92. The quantitative estimate of drug-likeness (QED) is 0.856. The lowest BCUT2D eigenvalue weighted by Crippen LogP contribution is -2.34. The third-order valence-corrected chi connectivity index (χ3v) is 5.90. The van der Waals surface area contributed by atoms with Gasteiger partial charge in [0, 0.05) is 30.5 Å². The molecule has 6 heteroatoms. The van der Waals surface area contributed by atoms with Crippen LogP contribution in [0.3, 0.4) is 0 Å². The van der Waals surface area contributed by atoms with Gasteiger partial charge in [-0.1, -0.05) is 6.92 Å². The van der Waals surface area contributed by atoms with Crippen molar-refractivity contribution in [2.75, 3.05) is 37.0 Å². The lowest BCUT2D eigenvalue weighted by Gasteiger charge is -2.31. The first-order valence-electron chi connectivity index (χ1n) is 7.80. The molecule has 0 amide bonds. The van der Waals surface area contributed by atoms with Crippen molar-refractivity contribution in [3.63, 3.8) is 0 Å². The first kappa shape index (κ1) is 15.6. The number of nitrogens with zero attached hydrogens (tertiary/aromatic N) is 3. The maximum Gasteiger partial charge on any atom is 0.149 e. The van der Waals surface area contributed by atoms with Crippen molar-refractivity contribution in [3.8, 4) is 0 Å². The smallest absolute Gasteiger partial charge is 0.149 e. The average molecular weight is 371 g/mol. The second-order valence-corrected chi connectivity index (χ2v) is 7.84. The molecule has 2 heterocycles. The Bertz CT molecular complexity index is 507. The molecule has 2 fully saturated rings. The van der Waals surface area contributed by atoms with Crippen LogP contribution in [0.15, 0.2) is 4.47 Å². The van der Waals surface area contributed by atoms with Crippen LogP contribution in [-0.4, -0.2) is 46.5 Å². The fourth-order valence-corrected chi connectivity index (χ4v) is 4.43. The summed E-state index contributed by atoms with van der Waals surface area (Å²) in [5.41, 5.74) is 1.21. The van der Waals surface area contributed by atoms with E-state index in [1.165, 1.54) is 24.3 Å². The molecule has 1 aliphatic carbocycles. The molecular weight excluding hydrogens is 348 g/mol. The van der Waals surface area contributed by atoms with E-state index in [1.807, 2.05) is 11.8 Å². The van der Waals surface area contributed by atoms with Gasteiger partial charge in [-0.05, 0) is 42.2 Å². The van der Waals surface area contributed by atoms with Gasteiger partial charge >= 0.3 is 0 Å². The van der Waals surface area contributed by atoms with Gasteiger partial charge in [0.2, 0.25) is 0 Å². The zero-order valence-corrected chi connectivity index (χ0v) is 15.1. The molecule has 0 aromatic carbocycles. The molecule has 116 valence electrons. The Hall–Kier alpha value is -0.330. The number of thioether (sulfide) groups is 1. The maximum atomic E-state index is 4.92. The number of aromatic nitrogens is 2. The van der Waals surface area contributed by atoms with Crippen LogP contribution < -0.4 is 5.32 Å². The van der Waals surface area contributed by atoms with E-state index in [0.717, 1.165) is 41.4 Å². The van der Waals surface area contributed by atoms with Crippen LogP contribution in [-0.2, 0) is 0 Å². The van der Waals surface area contributed by atoms with E-state index in [-0.39, 0.29) is 0 Å². The van der Waals surface area contributed by atoms with Gasteiger partial charge in [0.25, 0.3) is 0 Å². The molecule has 0 spiro atoms. The van der Waals surface area contributed by atoms with Gasteiger partial charge in [-0.2, -0.15) is 11.8 Å². The molecule has 21 heavy (non-hydrogen) atoms. The van der Waals surface area contributed by atoms with E-state index >= 15 is 0 Å². The van der Waals surface area contributed by atoms with Crippen molar-refractivity contribution in [2.45, 2.75) is 38.1 Å². The predicted molar refractivity (Wildman–Crippen MR) is 93.2 cm³/mol. The monoisotopic (exact) mass is 370 g/mol. The van der Waals surface area contributed by atoms with Crippen LogP contribution in [0.4, 0.5) is 5.82 Å². The molecular formula is C15H23BrN4S. The SMILES string of the molecule is CCCNc1nc(C2CSCCN2C)nc(C2CC2)c1Br. The van der Waals surface area contributed by atoms with Crippen LogP contribution in [0.2, 0.25) is 0 Å². The van der Waals surface area contributed by atoms with E-state index in [0.29, 0.717) is 12.0 Å². The lowest BCUT2D eigenvalue weighted by atomic mass is 10.2. The Labute approximate surface area is 139 Å². The normalized spacial score (nSPS) is 23.3. The van der Waals surface area contributed by atoms with Crippen molar-refractivity contribution in [1.29, 1.82) is 0 Å². The van der Waals surface area contributed by atoms with Crippen molar-refractivity contribution in [2.24, 2.45) is 0 Å². The highest BCUT2D eigenvalue weighted by Crippen LogP contribution is 2.44. The Balaban J connectivity index is 1.93. The molecule has 1 saturated carbocycles. The number of hydrogen-bond acceptors (Lipinski definition) is 5. The number of nitrogens with one attached hydrogen (secondary N) is 1. The molecule has 1 N–H and O–H groups in total. The third kappa shape index (κ3) is 3.54. The summed E-state index contributed by atoms with van der Waals surface area (Å²) in [6.07, 6.45) is 3.62. The van der Waals surface area contributed by atoms with Crippen molar-refractivity contribution < 1.29 is 0 Å². The third-order valence-electron chi connectivity index (χ3n) is 4.09. The van der Waals surface area contributed by atoms with Crippen molar-refractivity contribution in [3.05, 3.63) is 16.0 Å². The summed E-state index contributed by atoms with van der Waals surface area (Å²) >= 11 is 5.72. The van der Waals surface area contributed by atoms with E-state index < -0.39 is 0 Å². The van der Waals surface area contributed by atoms with Gasteiger partial charge in [-0.25, -0.2) is 9.97 Å². The molecule has 3 rings (SSSR count). The van der Waals surface area contributed by atoms with Gasteiger partial charge in [-0.3, -0.25) is 4.90 Å². The van der Waals surface area contributed by atoms with Gasteiger partial charge < -0.3 is 5.32 Å². The molecule has 1 atom stereocenters. The van der Waals surface area contributed by atoms with Gasteiger partial charge in [0.05, 0.1) is 16.2 Å². The standard InChI is InChI=1S/C15H23BrN4S/c1-3-6-17-15-12(16)13(10-4-5-10)18-14(19-15)11-9-21-8-7-20(11)2/h10-11H,3-9H2,1-2H3,(H,17,18,19). The Kier molecular flexibility index (Phi) is 5.07. The molecule has 1 unspecified atom stereocenters. The summed E-state index contributed by atoms with van der Waals surface area (Å²) in [7, 11) is 2.19. The summed E-state index contributed by atoms with van der Waals surface area (Å²) in [6, 6.07) is 0.344. The molecule has 1 aromatic heterocycles. The molecule has 2 aliphatic rings. The number of halogens is 1. The molecule has 4 nitrogen and oxygen atoms in total. The minimum atomic E-state index is 0.344. The summed E-state index contributed by atoms with van der Waals surface area (Å²) in [5, 5.41) is 3.46. The number of hydrogen-bond donors (Lipinski definition) is 1. The zero-order chi connectivity index (χ0) is 14.8. The first-order valence-corrected chi connectivity index (χ1v) is 9.74. The highest BCUT2D eigenvalue weighted by Gasteiger charge is 2.32. The fourth-order valence-electron chi connectivity index (χ4n) is 2.58. The minimum Gasteiger partial charge on any atom is -0.369 e. The Morgan fingerprint density at radius 3 is 2.86 bits per heavy atom. The average Bonchev–Trinajstić information content (AvgIpc) is 3.31. The highest BCUT2D eigenvalue weighted by molar-refractivity contribution is 9.10. The van der Waals surface area contributed by atoms with E-state index in [2.05, 4.69) is 40.1 Å². The van der Waals surface area contributed by atoms with Gasteiger partial charge in [0.15, 0.2) is 0 Å². The van der Waals surface area contributed by atoms with Crippen LogP contribution in [0.5, 0.6) is 0 Å². The molecule has 0 bridgehead atoms. The van der Waals surface area contributed by atoms with Crippen LogP contribution in [0.1, 0.15) is 49.7 Å². The summed E-state index contributed by atoms with van der Waals surface area (Å²) in [4.78, 5) is 12.1. The van der Waals surface area contributed by atoms with E-state index in [4.69, 9.17) is 9.97 Å². The van der Waals surface area contributed by atoms with Crippen LogP contribution in [0, 0.1) is 0 Å². The fraction of sp³-hybridized carbons (Fsp3) is 0.733. The topological polar surface area (TPSA) is 41.1 Å². The summed E-state index contributed by atoms with van der Waals surface area (Å²) < 4.78 is 1.08. The Morgan fingerprint density at radius 1 is 1.38 bits per heavy atom. The molecule has 0 radical (unpaired) electrons. The predicted octanol–water partition coefficient (Wildman–Crippen LogP) is 3.66. The van der Waals surface area contributed by atoms with E-state index in [1.54, 1.807) is 0 Å². The van der Waals surface area contributed by atoms with Crippen molar-refractivity contribution in [1.82, 2.24) is 14.9 Å². The van der Waals surface area contributed by atoms with Gasteiger partial charge in [-0.15, -0.1) is 0 Å². The Morgan fingerprint density at radius 2 is 2.19 bits per heavy atom. The van der Waals surface area contributed by atoms with E-state index in [9.17, 15) is 0 Å². The largest absolute Gasteiger partial charge is 0.369 e. The number of rotatable bonds is 5. The second kappa shape index (κ2) is 6.84. The summed E-state index contributed by atoms with van der Waals surface area (Å²) in [5.74, 6) is 4.90. The van der Waals surface area contributed by atoms with Gasteiger partial charge in [0.1, 0.15) is 11.6 Å². The lowest BCUT2D eigenvalue weighted by molar-refractivity contribution is 0.264. The molecule has 1 saturated heterocycles. The first-order chi connectivity index (χ1) is 10.2. The van der Waals surface area contributed by atoms with Crippen LogP contribution >= 0.6 is 27.7 Å².